The summed E-state index contributed by atoms with van der Waals surface area (Å²) in [6.45, 7) is 0.738. The minimum Gasteiger partial charge on any atom is -0.300 e. The molecule has 5 nitrogen and oxygen atoms in total. The zero-order valence-corrected chi connectivity index (χ0v) is 14.6. The Kier molecular flexibility index (Phi) is 4.57. The van der Waals surface area contributed by atoms with E-state index in [2.05, 4.69) is 15.4 Å². The molecule has 0 spiro atoms. The Morgan fingerprint density at radius 3 is 2.72 bits per heavy atom. The van der Waals surface area contributed by atoms with Crippen LogP contribution in [0, 0.1) is 5.82 Å². The molecule has 2 aliphatic rings. The van der Waals surface area contributed by atoms with E-state index in [-0.39, 0.29) is 11.7 Å². The molecule has 0 radical (unpaired) electrons. The zero-order valence-electron chi connectivity index (χ0n) is 13.8. The van der Waals surface area contributed by atoms with Crippen molar-refractivity contribution in [2.75, 3.05) is 12.3 Å². The number of carbonyl (C=O) groups excluding carboxylic acids is 1. The molecular formula is C18H19FN4OS. The molecular weight excluding hydrogens is 339 g/mol. The number of halogens is 1. The van der Waals surface area contributed by atoms with Gasteiger partial charge in [0.05, 0.1) is 12.2 Å². The van der Waals surface area contributed by atoms with Gasteiger partial charge in [0.2, 0.25) is 0 Å². The van der Waals surface area contributed by atoms with E-state index in [1.807, 2.05) is 0 Å². The monoisotopic (exact) mass is 358 g/mol. The average molecular weight is 358 g/mol. The van der Waals surface area contributed by atoms with Gasteiger partial charge in [0.25, 0.3) is 5.91 Å². The summed E-state index contributed by atoms with van der Waals surface area (Å²) in [4.78, 5) is 17.0. The van der Waals surface area contributed by atoms with E-state index in [1.54, 1.807) is 28.6 Å². The van der Waals surface area contributed by atoms with Crippen LogP contribution in [0.4, 0.5) is 4.39 Å². The Hall–Kier alpha value is -2.15. The number of fused-ring (bicyclic) bond motifs is 1. The molecule has 1 aliphatic carbocycles. The quantitative estimate of drug-likeness (QED) is 0.839. The van der Waals surface area contributed by atoms with Crippen molar-refractivity contribution in [3.05, 3.63) is 47.0 Å². The summed E-state index contributed by atoms with van der Waals surface area (Å²) in [5, 5.41) is 8.14. The predicted octanol–water partition coefficient (Wildman–Crippen LogP) is 3.11. The molecule has 2 heterocycles. The Labute approximate surface area is 149 Å². The van der Waals surface area contributed by atoms with Gasteiger partial charge in [-0.05, 0) is 49.9 Å². The molecule has 1 N–H and O–H groups in total. The van der Waals surface area contributed by atoms with Gasteiger partial charge in [-0.25, -0.2) is 9.07 Å². The highest BCUT2D eigenvalue weighted by Gasteiger charge is 2.25. The molecule has 1 amide bonds. The molecule has 7 heteroatoms. The Morgan fingerprint density at radius 1 is 1.16 bits per heavy atom. The first-order valence-electron chi connectivity index (χ1n) is 8.58. The van der Waals surface area contributed by atoms with Gasteiger partial charge in [0.15, 0.2) is 10.9 Å². The number of aliphatic imine (C=N–C) groups is 1. The molecule has 1 aliphatic heterocycles. The van der Waals surface area contributed by atoms with Gasteiger partial charge in [-0.15, -0.1) is 0 Å². The van der Waals surface area contributed by atoms with Gasteiger partial charge in [-0.1, -0.05) is 18.2 Å². The van der Waals surface area contributed by atoms with Crippen LogP contribution in [0.25, 0.3) is 5.69 Å². The predicted molar refractivity (Wildman–Crippen MR) is 97.0 cm³/mol. The second-order valence-electron chi connectivity index (χ2n) is 6.21. The van der Waals surface area contributed by atoms with Crippen LogP contribution in [0.5, 0.6) is 0 Å². The summed E-state index contributed by atoms with van der Waals surface area (Å²) >= 11 is 1.55. The van der Waals surface area contributed by atoms with Gasteiger partial charge in [0.1, 0.15) is 5.82 Å². The average Bonchev–Trinajstić information content (AvgIpc) is 3.17. The van der Waals surface area contributed by atoms with Crippen LogP contribution >= 0.6 is 11.8 Å². The van der Waals surface area contributed by atoms with Crippen LogP contribution < -0.4 is 5.32 Å². The van der Waals surface area contributed by atoms with Crippen molar-refractivity contribution < 1.29 is 9.18 Å². The lowest BCUT2D eigenvalue weighted by atomic mass is 10.1. The second-order valence-corrected chi connectivity index (χ2v) is 7.30. The third-order valence-electron chi connectivity index (χ3n) is 4.52. The van der Waals surface area contributed by atoms with Crippen molar-refractivity contribution in [3.63, 3.8) is 0 Å². The standard InChI is InChI=1S/C18H19FN4OS/c19-12-6-8-13(9-7-12)23-15-5-3-1-2-4-14(15)16(22-23)17(24)21-18-20-10-11-25-18/h6-9H,1-5,10-11H2,(H,20,21,24). The minimum absolute atomic E-state index is 0.202. The Balaban J connectivity index is 1.73. The van der Waals surface area contributed by atoms with Crippen molar-refractivity contribution in [2.45, 2.75) is 32.1 Å². The van der Waals surface area contributed by atoms with Crippen molar-refractivity contribution in [3.8, 4) is 5.69 Å². The molecule has 130 valence electrons. The third-order valence-corrected chi connectivity index (χ3v) is 5.41. The van der Waals surface area contributed by atoms with Crippen LogP contribution in [0.1, 0.15) is 41.0 Å². The Morgan fingerprint density at radius 2 is 1.96 bits per heavy atom. The Bertz CT molecular complexity index is 828. The number of aromatic nitrogens is 2. The summed E-state index contributed by atoms with van der Waals surface area (Å²) in [5.41, 5.74) is 3.33. The maximum atomic E-state index is 13.3. The first-order chi connectivity index (χ1) is 12.2. The molecule has 1 aromatic heterocycles. The number of amides is 1. The zero-order chi connectivity index (χ0) is 17.2. The van der Waals surface area contributed by atoms with Crippen LogP contribution in [0.2, 0.25) is 0 Å². The molecule has 4 rings (SSSR count). The van der Waals surface area contributed by atoms with Crippen LogP contribution in [0.15, 0.2) is 29.3 Å². The highest BCUT2D eigenvalue weighted by atomic mass is 32.2. The second kappa shape index (κ2) is 7.00. The molecule has 2 aromatic rings. The van der Waals surface area contributed by atoms with Gasteiger partial charge in [-0.2, -0.15) is 5.10 Å². The molecule has 0 unspecified atom stereocenters. The van der Waals surface area contributed by atoms with E-state index in [9.17, 15) is 9.18 Å². The molecule has 0 fully saturated rings. The molecule has 0 saturated heterocycles. The van der Waals surface area contributed by atoms with E-state index in [1.165, 1.54) is 12.1 Å². The normalized spacial score (nSPS) is 16.9. The topological polar surface area (TPSA) is 59.3 Å². The number of rotatable bonds is 2. The SMILES string of the molecule is O=C(NC1=NCCS1)c1nn(-c2ccc(F)cc2)c2c1CCCCC2. The molecule has 0 bridgehead atoms. The molecule has 1 aromatic carbocycles. The van der Waals surface area contributed by atoms with Crippen LogP contribution in [0.3, 0.4) is 0 Å². The molecule has 0 atom stereocenters. The van der Waals surface area contributed by atoms with Gasteiger partial charge in [-0.3, -0.25) is 15.1 Å². The number of benzene rings is 1. The summed E-state index contributed by atoms with van der Waals surface area (Å²) in [7, 11) is 0. The smallest absolute Gasteiger partial charge is 0.278 e. The van der Waals surface area contributed by atoms with Crippen LogP contribution in [-0.2, 0) is 12.8 Å². The maximum absolute atomic E-state index is 13.3. The number of nitrogens with one attached hydrogen (secondary N) is 1. The molecule has 0 saturated carbocycles. The number of thioether (sulfide) groups is 1. The van der Waals surface area contributed by atoms with E-state index >= 15 is 0 Å². The fourth-order valence-electron chi connectivity index (χ4n) is 3.32. The number of hydrogen-bond acceptors (Lipinski definition) is 4. The van der Waals surface area contributed by atoms with Crippen molar-refractivity contribution in [1.29, 1.82) is 0 Å². The van der Waals surface area contributed by atoms with E-state index < -0.39 is 0 Å². The van der Waals surface area contributed by atoms with Crippen LogP contribution in [-0.4, -0.2) is 33.2 Å². The van der Waals surface area contributed by atoms with E-state index in [0.717, 1.165) is 61.3 Å². The number of amidine groups is 1. The lowest BCUT2D eigenvalue weighted by molar-refractivity contribution is 0.0971. The number of hydrogen-bond donors (Lipinski definition) is 1. The number of nitrogens with zero attached hydrogens (tertiary/aromatic N) is 3. The van der Waals surface area contributed by atoms with Crippen molar-refractivity contribution in [1.82, 2.24) is 15.1 Å². The summed E-state index contributed by atoms with van der Waals surface area (Å²) in [6, 6.07) is 6.24. The summed E-state index contributed by atoms with van der Waals surface area (Å²) in [5.74, 6) is 0.418. The highest BCUT2D eigenvalue weighted by molar-refractivity contribution is 8.14. The fourth-order valence-corrected chi connectivity index (χ4v) is 4.04. The first kappa shape index (κ1) is 16.3. The van der Waals surface area contributed by atoms with E-state index in [0.29, 0.717) is 10.9 Å². The lowest BCUT2D eigenvalue weighted by Crippen LogP contribution is -2.28. The van der Waals surface area contributed by atoms with E-state index in [4.69, 9.17) is 0 Å². The van der Waals surface area contributed by atoms with Crippen molar-refractivity contribution in [2.24, 2.45) is 4.99 Å². The summed E-state index contributed by atoms with van der Waals surface area (Å²) in [6.07, 6.45) is 4.99. The maximum Gasteiger partial charge on any atom is 0.278 e. The van der Waals surface area contributed by atoms with Gasteiger partial charge in [0, 0.05) is 17.0 Å². The van der Waals surface area contributed by atoms with Gasteiger partial charge >= 0.3 is 0 Å². The lowest BCUT2D eigenvalue weighted by Gasteiger charge is -2.07. The van der Waals surface area contributed by atoms with Crippen molar-refractivity contribution >= 4 is 22.8 Å². The largest absolute Gasteiger partial charge is 0.300 e. The highest BCUT2D eigenvalue weighted by Crippen LogP contribution is 2.26. The molecule has 25 heavy (non-hydrogen) atoms. The minimum atomic E-state index is -0.281. The number of carbonyl (C=O) groups is 1. The fraction of sp³-hybridized carbons (Fsp3) is 0.389. The summed E-state index contributed by atoms with van der Waals surface area (Å²) < 4.78 is 15.1. The van der Waals surface area contributed by atoms with Gasteiger partial charge < -0.3 is 0 Å². The first-order valence-corrected chi connectivity index (χ1v) is 9.56. The third kappa shape index (κ3) is 3.33.